The largest absolute Gasteiger partial charge is 0.401 e. The van der Waals surface area contributed by atoms with E-state index < -0.39 is 12.7 Å². The summed E-state index contributed by atoms with van der Waals surface area (Å²) in [5.41, 5.74) is 0.483. The fourth-order valence-electron chi connectivity index (χ4n) is 3.47. The van der Waals surface area contributed by atoms with Gasteiger partial charge in [0.25, 0.3) is 5.91 Å². The first-order valence-corrected chi connectivity index (χ1v) is 8.00. The highest BCUT2D eigenvalue weighted by Gasteiger charge is 2.39. The van der Waals surface area contributed by atoms with Gasteiger partial charge in [0, 0.05) is 31.7 Å². The molecule has 0 saturated carbocycles. The minimum Gasteiger partial charge on any atom is -0.372 e. The molecule has 2 atom stereocenters. The monoisotopic (exact) mass is 346 g/mol. The Hall–Kier alpha value is -1.61. The predicted octanol–water partition coefficient (Wildman–Crippen LogP) is 1.51. The number of rotatable bonds is 2. The second-order valence-electron chi connectivity index (χ2n) is 6.46. The third-order valence-electron chi connectivity index (χ3n) is 4.60. The third-order valence-corrected chi connectivity index (χ3v) is 4.60. The van der Waals surface area contributed by atoms with Crippen LogP contribution in [0.15, 0.2) is 6.20 Å². The highest BCUT2D eigenvalue weighted by molar-refractivity contribution is 5.92. The van der Waals surface area contributed by atoms with Gasteiger partial charge >= 0.3 is 6.18 Å². The second-order valence-corrected chi connectivity index (χ2v) is 6.46. The Morgan fingerprint density at radius 3 is 2.62 bits per heavy atom. The van der Waals surface area contributed by atoms with Crippen molar-refractivity contribution in [2.45, 2.75) is 45.3 Å². The molecule has 1 fully saturated rings. The Labute approximate surface area is 138 Å². The maximum atomic E-state index is 12.8. The van der Waals surface area contributed by atoms with E-state index in [4.69, 9.17) is 4.74 Å². The van der Waals surface area contributed by atoms with Crippen molar-refractivity contribution in [3.63, 3.8) is 0 Å². The number of carbonyl (C=O) groups is 1. The van der Waals surface area contributed by atoms with Crippen molar-refractivity contribution in [1.29, 1.82) is 0 Å². The zero-order valence-corrected chi connectivity index (χ0v) is 13.7. The number of hydrogen-bond donors (Lipinski definition) is 0. The molecular weight excluding hydrogens is 325 g/mol. The molecule has 0 spiro atoms. The summed E-state index contributed by atoms with van der Waals surface area (Å²) in [6.07, 6.45) is -2.71. The molecule has 0 aromatic carbocycles. The summed E-state index contributed by atoms with van der Waals surface area (Å²) in [6, 6.07) is -0.710. The van der Waals surface area contributed by atoms with E-state index in [1.54, 1.807) is 18.7 Å². The number of ether oxygens (including phenoxy) is 1. The van der Waals surface area contributed by atoms with Gasteiger partial charge in [0.05, 0.1) is 19.3 Å². The summed E-state index contributed by atoms with van der Waals surface area (Å²) in [6.45, 7) is 4.51. The summed E-state index contributed by atoms with van der Waals surface area (Å²) in [5, 5.41) is 0. The summed E-state index contributed by atoms with van der Waals surface area (Å²) in [4.78, 5) is 20.0. The van der Waals surface area contributed by atoms with Gasteiger partial charge < -0.3 is 14.2 Å². The van der Waals surface area contributed by atoms with Crippen LogP contribution in [-0.2, 0) is 17.9 Å². The Morgan fingerprint density at radius 1 is 1.33 bits per heavy atom. The minimum atomic E-state index is -4.24. The molecule has 1 aromatic rings. The lowest BCUT2D eigenvalue weighted by molar-refractivity contribution is -0.160. The standard InChI is InChI=1S/C15H21F3N4O2/c1-10-6-20(7-11(2)22(10)9-15(16,17)18)14(23)12-5-19-13-8-24-4-3-21(12)13/h5,10-11H,3-4,6-9H2,1-2H3/t10-,11+. The van der Waals surface area contributed by atoms with Gasteiger partial charge in [-0.05, 0) is 13.8 Å². The summed E-state index contributed by atoms with van der Waals surface area (Å²) in [5.74, 6) is 0.530. The quantitative estimate of drug-likeness (QED) is 0.815. The van der Waals surface area contributed by atoms with Crippen molar-refractivity contribution in [3.8, 4) is 0 Å². The lowest BCUT2D eigenvalue weighted by Gasteiger charge is -2.44. The summed E-state index contributed by atoms with van der Waals surface area (Å²) < 4.78 is 45.3. The van der Waals surface area contributed by atoms with Crippen LogP contribution in [0, 0.1) is 0 Å². The van der Waals surface area contributed by atoms with Crippen molar-refractivity contribution >= 4 is 5.91 Å². The van der Waals surface area contributed by atoms with Crippen molar-refractivity contribution < 1.29 is 22.7 Å². The predicted molar refractivity (Wildman–Crippen MR) is 79.5 cm³/mol. The van der Waals surface area contributed by atoms with Gasteiger partial charge in [0.15, 0.2) is 0 Å². The van der Waals surface area contributed by atoms with Gasteiger partial charge in [-0.3, -0.25) is 9.69 Å². The average Bonchev–Trinajstić information content (AvgIpc) is 2.93. The second kappa shape index (κ2) is 6.36. The van der Waals surface area contributed by atoms with E-state index in [2.05, 4.69) is 4.98 Å². The molecule has 3 heterocycles. The van der Waals surface area contributed by atoms with E-state index in [1.807, 2.05) is 4.57 Å². The maximum absolute atomic E-state index is 12.8. The number of piperazine rings is 1. The Balaban J connectivity index is 1.73. The topological polar surface area (TPSA) is 50.6 Å². The fraction of sp³-hybridized carbons (Fsp3) is 0.733. The van der Waals surface area contributed by atoms with E-state index in [1.165, 1.54) is 11.1 Å². The number of hydrogen-bond acceptors (Lipinski definition) is 4. The van der Waals surface area contributed by atoms with Gasteiger partial charge in [-0.15, -0.1) is 0 Å². The summed E-state index contributed by atoms with van der Waals surface area (Å²) in [7, 11) is 0. The van der Waals surface area contributed by atoms with Gasteiger partial charge in [-0.25, -0.2) is 4.98 Å². The summed E-state index contributed by atoms with van der Waals surface area (Å²) >= 11 is 0. The molecule has 3 rings (SSSR count). The molecule has 0 radical (unpaired) electrons. The van der Waals surface area contributed by atoms with Crippen LogP contribution in [0.1, 0.15) is 30.2 Å². The van der Waals surface area contributed by atoms with Gasteiger partial charge in [-0.2, -0.15) is 13.2 Å². The highest BCUT2D eigenvalue weighted by atomic mass is 19.4. The highest BCUT2D eigenvalue weighted by Crippen LogP contribution is 2.24. The zero-order valence-electron chi connectivity index (χ0n) is 13.7. The minimum absolute atomic E-state index is 0.180. The molecule has 2 aliphatic rings. The molecule has 9 heteroatoms. The van der Waals surface area contributed by atoms with E-state index in [9.17, 15) is 18.0 Å². The van der Waals surface area contributed by atoms with Gasteiger partial charge in [0.2, 0.25) is 0 Å². The molecule has 2 aliphatic heterocycles. The first kappa shape index (κ1) is 17.2. The van der Waals surface area contributed by atoms with Crippen LogP contribution in [0.3, 0.4) is 0 Å². The van der Waals surface area contributed by atoms with Crippen LogP contribution in [0.4, 0.5) is 13.2 Å². The van der Waals surface area contributed by atoms with Crippen molar-refractivity contribution in [2.24, 2.45) is 0 Å². The van der Waals surface area contributed by atoms with Crippen LogP contribution in [0.5, 0.6) is 0 Å². The average molecular weight is 346 g/mol. The first-order valence-electron chi connectivity index (χ1n) is 8.00. The molecule has 1 amide bonds. The maximum Gasteiger partial charge on any atom is 0.401 e. The van der Waals surface area contributed by atoms with Gasteiger partial charge in [-0.1, -0.05) is 0 Å². The van der Waals surface area contributed by atoms with Crippen molar-refractivity contribution in [2.75, 3.05) is 26.2 Å². The van der Waals surface area contributed by atoms with E-state index in [-0.39, 0.29) is 31.1 Å². The van der Waals surface area contributed by atoms with Crippen LogP contribution < -0.4 is 0 Å². The zero-order chi connectivity index (χ0) is 17.5. The van der Waals surface area contributed by atoms with E-state index >= 15 is 0 Å². The number of fused-ring (bicyclic) bond motifs is 1. The molecule has 134 valence electrons. The van der Waals surface area contributed by atoms with Gasteiger partial charge in [0.1, 0.15) is 18.1 Å². The van der Waals surface area contributed by atoms with Crippen LogP contribution in [0.25, 0.3) is 0 Å². The number of aromatic nitrogens is 2. The van der Waals surface area contributed by atoms with E-state index in [0.29, 0.717) is 31.3 Å². The number of halogens is 3. The van der Waals surface area contributed by atoms with E-state index in [0.717, 1.165) is 0 Å². The van der Waals surface area contributed by atoms with Crippen LogP contribution >= 0.6 is 0 Å². The molecule has 1 saturated heterocycles. The Morgan fingerprint density at radius 2 is 2.00 bits per heavy atom. The Kier molecular flexibility index (Phi) is 4.56. The molecule has 0 unspecified atom stereocenters. The normalized spacial score (nSPS) is 25.6. The van der Waals surface area contributed by atoms with Crippen molar-refractivity contribution in [1.82, 2.24) is 19.4 Å². The molecule has 6 nitrogen and oxygen atoms in total. The molecule has 1 aromatic heterocycles. The smallest absolute Gasteiger partial charge is 0.372 e. The number of carbonyl (C=O) groups excluding carboxylic acids is 1. The molecule has 24 heavy (non-hydrogen) atoms. The first-order chi connectivity index (χ1) is 11.3. The number of amides is 1. The number of nitrogens with zero attached hydrogens (tertiary/aromatic N) is 4. The molecular formula is C15H21F3N4O2. The number of alkyl halides is 3. The lowest BCUT2D eigenvalue weighted by atomic mass is 10.1. The fourth-order valence-corrected chi connectivity index (χ4v) is 3.47. The van der Waals surface area contributed by atoms with Crippen molar-refractivity contribution in [3.05, 3.63) is 17.7 Å². The molecule has 0 bridgehead atoms. The Bertz CT molecular complexity index is 604. The number of imidazole rings is 1. The van der Waals surface area contributed by atoms with Crippen LogP contribution in [0.2, 0.25) is 0 Å². The molecule has 0 N–H and O–H groups in total. The van der Waals surface area contributed by atoms with Crippen LogP contribution in [-0.4, -0.2) is 69.8 Å². The molecule has 0 aliphatic carbocycles. The third kappa shape index (κ3) is 3.41. The lowest BCUT2D eigenvalue weighted by Crippen LogP contribution is -2.60. The SMILES string of the molecule is C[C@@H]1CN(C(=O)c2cnc3n2CCOC3)C[C@H](C)N1CC(F)(F)F.